The van der Waals surface area contributed by atoms with Crippen molar-refractivity contribution in [3.63, 3.8) is 0 Å². The zero-order chi connectivity index (χ0) is 9.07. The molecule has 0 saturated carbocycles. The number of halogens is 3. The van der Waals surface area contributed by atoms with Crippen LogP contribution in [0.3, 0.4) is 0 Å². The third-order valence-corrected chi connectivity index (χ3v) is 0.813. The van der Waals surface area contributed by atoms with Gasteiger partial charge in [0.1, 0.15) is 0 Å². The molecule has 0 aliphatic heterocycles. The molecule has 1 amide bonds. The SMILES string of the molecule is C=C(C=CC(N)=O)C(F)(F)F. The van der Waals surface area contributed by atoms with Crippen molar-refractivity contribution in [1.29, 1.82) is 0 Å². The second-order valence-electron chi connectivity index (χ2n) is 1.76. The molecular formula is C6H6F3NO. The molecule has 0 spiro atoms. The summed E-state index contributed by atoms with van der Waals surface area (Å²) in [6.07, 6.45) is -3.36. The number of rotatable bonds is 2. The molecule has 0 atom stereocenters. The van der Waals surface area contributed by atoms with Crippen molar-refractivity contribution in [2.24, 2.45) is 5.73 Å². The van der Waals surface area contributed by atoms with Crippen molar-refractivity contribution >= 4 is 5.91 Å². The third-order valence-electron chi connectivity index (χ3n) is 0.813. The van der Waals surface area contributed by atoms with Crippen molar-refractivity contribution in [3.8, 4) is 0 Å². The van der Waals surface area contributed by atoms with Crippen LogP contribution in [-0.2, 0) is 4.79 Å². The lowest BCUT2D eigenvalue weighted by Gasteiger charge is -2.03. The van der Waals surface area contributed by atoms with Crippen LogP contribution >= 0.6 is 0 Å². The zero-order valence-electron chi connectivity index (χ0n) is 5.48. The lowest BCUT2D eigenvalue weighted by atomic mass is 10.2. The Morgan fingerprint density at radius 1 is 1.36 bits per heavy atom. The maximum Gasteiger partial charge on any atom is 0.415 e. The predicted molar refractivity (Wildman–Crippen MR) is 33.5 cm³/mol. The van der Waals surface area contributed by atoms with Gasteiger partial charge >= 0.3 is 6.18 Å². The molecule has 0 fully saturated rings. The highest BCUT2D eigenvalue weighted by molar-refractivity contribution is 5.86. The van der Waals surface area contributed by atoms with Gasteiger partial charge in [-0.1, -0.05) is 6.58 Å². The minimum atomic E-state index is -4.49. The van der Waals surface area contributed by atoms with Crippen LogP contribution in [0.15, 0.2) is 24.3 Å². The Kier molecular flexibility index (Phi) is 2.86. The van der Waals surface area contributed by atoms with Crippen LogP contribution in [0.25, 0.3) is 0 Å². The summed E-state index contributed by atoms with van der Waals surface area (Å²) in [6.45, 7) is 2.68. The molecule has 0 unspecified atom stereocenters. The van der Waals surface area contributed by atoms with Gasteiger partial charge in [0.2, 0.25) is 5.91 Å². The number of nitrogens with two attached hydrogens (primary N) is 1. The van der Waals surface area contributed by atoms with Crippen LogP contribution in [0.1, 0.15) is 0 Å². The van der Waals surface area contributed by atoms with Crippen LogP contribution in [0.5, 0.6) is 0 Å². The van der Waals surface area contributed by atoms with E-state index < -0.39 is 17.7 Å². The number of carbonyl (C=O) groups is 1. The molecule has 0 aliphatic carbocycles. The van der Waals surface area contributed by atoms with E-state index in [1.165, 1.54) is 0 Å². The van der Waals surface area contributed by atoms with Crippen molar-refractivity contribution < 1.29 is 18.0 Å². The Hall–Kier alpha value is -1.26. The summed E-state index contributed by atoms with van der Waals surface area (Å²) in [6, 6.07) is 0. The number of carbonyl (C=O) groups excluding carboxylic acids is 1. The minimum Gasteiger partial charge on any atom is -0.366 e. The van der Waals surface area contributed by atoms with Gasteiger partial charge in [-0.25, -0.2) is 0 Å². The van der Waals surface area contributed by atoms with E-state index in [9.17, 15) is 18.0 Å². The summed E-state index contributed by atoms with van der Waals surface area (Å²) < 4.78 is 34.8. The van der Waals surface area contributed by atoms with Crippen molar-refractivity contribution in [2.75, 3.05) is 0 Å². The van der Waals surface area contributed by atoms with E-state index in [0.717, 1.165) is 0 Å². The molecule has 0 rings (SSSR count). The Morgan fingerprint density at radius 3 is 2.09 bits per heavy atom. The van der Waals surface area contributed by atoms with E-state index in [2.05, 4.69) is 12.3 Å². The predicted octanol–water partition coefficient (Wildman–Crippen LogP) is 1.15. The van der Waals surface area contributed by atoms with E-state index in [-0.39, 0.29) is 0 Å². The van der Waals surface area contributed by atoms with Crippen LogP contribution in [-0.4, -0.2) is 12.1 Å². The van der Waals surface area contributed by atoms with Gasteiger partial charge in [0, 0.05) is 11.6 Å². The minimum absolute atomic E-state index is 0.530. The van der Waals surface area contributed by atoms with Gasteiger partial charge in [0.05, 0.1) is 0 Å². The molecule has 0 aromatic heterocycles. The fraction of sp³-hybridized carbons (Fsp3) is 0.167. The summed E-state index contributed by atoms with van der Waals surface area (Å²) in [5.74, 6) is -0.935. The summed E-state index contributed by atoms with van der Waals surface area (Å²) in [7, 11) is 0. The maximum absolute atomic E-state index is 11.6. The van der Waals surface area contributed by atoms with Crippen molar-refractivity contribution in [2.45, 2.75) is 6.18 Å². The first-order valence-electron chi connectivity index (χ1n) is 2.57. The van der Waals surface area contributed by atoms with Gasteiger partial charge in [0.25, 0.3) is 0 Å². The molecule has 11 heavy (non-hydrogen) atoms. The fourth-order valence-electron chi connectivity index (χ4n) is 0.277. The zero-order valence-corrected chi connectivity index (χ0v) is 5.48. The first-order valence-corrected chi connectivity index (χ1v) is 2.57. The quantitative estimate of drug-likeness (QED) is 0.484. The van der Waals surface area contributed by atoms with Gasteiger partial charge < -0.3 is 5.73 Å². The first-order chi connectivity index (χ1) is 4.84. The third kappa shape index (κ3) is 4.19. The highest BCUT2D eigenvalue weighted by Crippen LogP contribution is 2.24. The number of alkyl halides is 3. The van der Waals surface area contributed by atoms with Crippen molar-refractivity contribution in [3.05, 3.63) is 24.3 Å². The Labute approximate surface area is 61.2 Å². The maximum atomic E-state index is 11.6. The second-order valence-corrected chi connectivity index (χ2v) is 1.76. The van der Waals surface area contributed by atoms with E-state index in [1.807, 2.05) is 0 Å². The second kappa shape index (κ2) is 3.23. The van der Waals surface area contributed by atoms with E-state index in [0.29, 0.717) is 12.2 Å². The number of primary amides is 1. The Morgan fingerprint density at radius 2 is 1.82 bits per heavy atom. The standard InChI is InChI=1S/C6H6F3NO/c1-4(6(7,8)9)2-3-5(10)11/h2-3H,1H2,(H2,10,11). The topological polar surface area (TPSA) is 43.1 Å². The van der Waals surface area contributed by atoms with Gasteiger partial charge in [-0.2, -0.15) is 13.2 Å². The Balaban J connectivity index is 4.20. The number of amides is 1. The molecule has 0 saturated heterocycles. The van der Waals surface area contributed by atoms with Crippen LogP contribution in [0, 0.1) is 0 Å². The van der Waals surface area contributed by atoms with E-state index >= 15 is 0 Å². The largest absolute Gasteiger partial charge is 0.415 e. The van der Waals surface area contributed by atoms with Crippen LogP contribution in [0.2, 0.25) is 0 Å². The average Bonchev–Trinajstić information content (AvgIpc) is 1.80. The molecule has 0 heterocycles. The lowest BCUT2D eigenvalue weighted by molar-refractivity contribution is -0.113. The Bertz CT molecular complexity index is 204. The normalized spacial score (nSPS) is 11.9. The molecule has 62 valence electrons. The molecule has 0 aromatic carbocycles. The molecule has 0 radical (unpaired) electrons. The molecule has 0 bridgehead atoms. The van der Waals surface area contributed by atoms with Gasteiger partial charge in [-0.15, -0.1) is 0 Å². The number of hydrogen-bond donors (Lipinski definition) is 1. The number of hydrogen-bond acceptors (Lipinski definition) is 1. The van der Waals surface area contributed by atoms with E-state index in [4.69, 9.17) is 0 Å². The summed E-state index contributed by atoms with van der Waals surface area (Å²) in [5, 5.41) is 0. The van der Waals surface area contributed by atoms with Gasteiger partial charge in [-0.3, -0.25) is 4.79 Å². The molecule has 2 nitrogen and oxygen atoms in total. The molecule has 2 N–H and O–H groups in total. The summed E-state index contributed by atoms with van der Waals surface area (Å²) in [5.41, 5.74) is 3.45. The fourth-order valence-corrected chi connectivity index (χ4v) is 0.277. The molecule has 5 heteroatoms. The van der Waals surface area contributed by atoms with Gasteiger partial charge in [0.15, 0.2) is 0 Å². The molecular weight excluding hydrogens is 159 g/mol. The smallest absolute Gasteiger partial charge is 0.366 e. The summed E-state index contributed by atoms with van der Waals surface area (Å²) in [4.78, 5) is 9.96. The van der Waals surface area contributed by atoms with E-state index in [1.54, 1.807) is 0 Å². The molecule has 0 aromatic rings. The van der Waals surface area contributed by atoms with Crippen molar-refractivity contribution in [1.82, 2.24) is 0 Å². The highest BCUT2D eigenvalue weighted by atomic mass is 19.4. The molecule has 0 aliphatic rings. The number of allylic oxidation sites excluding steroid dienone is 2. The van der Waals surface area contributed by atoms with Crippen LogP contribution in [0.4, 0.5) is 13.2 Å². The first kappa shape index (κ1) is 9.74. The average molecular weight is 165 g/mol. The lowest BCUT2D eigenvalue weighted by Crippen LogP contribution is -2.10. The highest BCUT2D eigenvalue weighted by Gasteiger charge is 2.29. The summed E-state index contributed by atoms with van der Waals surface area (Å²) >= 11 is 0. The van der Waals surface area contributed by atoms with Gasteiger partial charge in [-0.05, 0) is 6.08 Å². The monoisotopic (exact) mass is 165 g/mol. The van der Waals surface area contributed by atoms with Crippen LogP contribution < -0.4 is 5.73 Å².